The van der Waals surface area contributed by atoms with Crippen LogP contribution in [0.2, 0.25) is 0 Å². The lowest BCUT2D eigenvalue weighted by molar-refractivity contribution is 0.0293. The van der Waals surface area contributed by atoms with Crippen LogP contribution in [0.5, 0.6) is 0 Å². The Labute approximate surface area is 120 Å². The number of nitrogens with zero attached hydrogens (tertiary/aromatic N) is 2. The summed E-state index contributed by atoms with van der Waals surface area (Å²) in [5.74, 6) is 0.862. The van der Waals surface area contributed by atoms with Gasteiger partial charge in [-0.25, -0.2) is 9.78 Å². The van der Waals surface area contributed by atoms with Gasteiger partial charge >= 0.3 is 6.09 Å². The molecule has 0 aromatic carbocycles. The van der Waals surface area contributed by atoms with Crippen molar-refractivity contribution >= 4 is 11.9 Å². The number of anilines is 1. The zero-order valence-electron chi connectivity index (χ0n) is 12.6. The van der Waals surface area contributed by atoms with Crippen molar-refractivity contribution in [1.29, 1.82) is 0 Å². The SMILES string of the molecule is Cc1cccc(NC2CCN(C(=O)OC(C)(C)C)C2)n1. The summed E-state index contributed by atoms with van der Waals surface area (Å²) in [7, 11) is 0. The molecule has 110 valence electrons. The normalized spacial score (nSPS) is 19.0. The maximum absolute atomic E-state index is 12.0. The number of ether oxygens (including phenoxy) is 1. The number of carbonyl (C=O) groups excluding carboxylic acids is 1. The van der Waals surface area contributed by atoms with E-state index in [1.807, 2.05) is 45.9 Å². The number of rotatable bonds is 2. The van der Waals surface area contributed by atoms with Crippen LogP contribution in [0.25, 0.3) is 0 Å². The summed E-state index contributed by atoms with van der Waals surface area (Å²) >= 11 is 0. The predicted molar refractivity (Wildman–Crippen MR) is 78.8 cm³/mol. The van der Waals surface area contributed by atoms with Crippen molar-refractivity contribution in [1.82, 2.24) is 9.88 Å². The summed E-state index contributed by atoms with van der Waals surface area (Å²) in [4.78, 5) is 18.1. The van der Waals surface area contributed by atoms with Gasteiger partial charge in [-0.05, 0) is 46.2 Å². The first-order valence-electron chi connectivity index (χ1n) is 7.01. The summed E-state index contributed by atoms with van der Waals surface area (Å²) in [6, 6.07) is 6.12. The average molecular weight is 277 g/mol. The maximum Gasteiger partial charge on any atom is 0.410 e. The lowest BCUT2D eigenvalue weighted by Gasteiger charge is -2.24. The number of aromatic nitrogens is 1. The lowest BCUT2D eigenvalue weighted by Crippen LogP contribution is -2.36. The molecule has 1 amide bonds. The molecular weight excluding hydrogens is 254 g/mol. The van der Waals surface area contributed by atoms with Crippen molar-refractivity contribution < 1.29 is 9.53 Å². The number of likely N-dealkylation sites (tertiary alicyclic amines) is 1. The number of amides is 1. The molecule has 5 heteroatoms. The van der Waals surface area contributed by atoms with Crippen LogP contribution in [0.15, 0.2) is 18.2 Å². The van der Waals surface area contributed by atoms with Gasteiger partial charge in [0.1, 0.15) is 11.4 Å². The van der Waals surface area contributed by atoms with Crippen molar-refractivity contribution in [3.8, 4) is 0 Å². The largest absolute Gasteiger partial charge is 0.444 e. The van der Waals surface area contributed by atoms with E-state index in [0.717, 1.165) is 24.5 Å². The number of pyridine rings is 1. The minimum Gasteiger partial charge on any atom is -0.444 e. The first-order chi connectivity index (χ1) is 9.33. The first-order valence-corrected chi connectivity index (χ1v) is 7.01. The van der Waals surface area contributed by atoms with Crippen molar-refractivity contribution in [3.63, 3.8) is 0 Å². The van der Waals surface area contributed by atoms with E-state index < -0.39 is 5.60 Å². The van der Waals surface area contributed by atoms with Crippen LogP contribution in [-0.4, -0.2) is 40.7 Å². The second kappa shape index (κ2) is 5.69. The van der Waals surface area contributed by atoms with E-state index >= 15 is 0 Å². The molecule has 1 saturated heterocycles. The third kappa shape index (κ3) is 4.11. The Morgan fingerprint density at radius 1 is 1.45 bits per heavy atom. The van der Waals surface area contributed by atoms with Crippen molar-refractivity contribution in [2.24, 2.45) is 0 Å². The Kier molecular flexibility index (Phi) is 4.16. The van der Waals surface area contributed by atoms with Gasteiger partial charge in [0.05, 0.1) is 0 Å². The average Bonchev–Trinajstić information content (AvgIpc) is 2.75. The Hall–Kier alpha value is -1.78. The fourth-order valence-corrected chi connectivity index (χ4v) is 2.20. The number of hydrogen-bond acceptors (Lipinski definition) is 4. The van der Waals surface area contributed by atoms with E-state index in [1.165, 1.54) is 0 Å². The van der Waals surface area contributed by atoms with Crippen LogP contribution in [0, 0.1) is 6.92 Å². The Bertz CT molecular complexity index is 482. The van der Waals surface area contributed by atoms with Crippen molar-refractivity contribution in [3.05, 3.63) is 23.9 Å². The lowest BCUT2D eigenvalue weighted by atomic mass is 10.2. The monoisotopic (exact) mass is 277 g/mol. The highest BCUT2D eigenvalue weighted by atomic mass is 16.6. The van der Waals surface area contributed by atoms with E-state index in [-0.39, 0.29) is 12.1 Å². The predicted octanol–water partition coefficient (Wildman–Crippen LogP) is 2.81. The maximum atomic E-state index is 12.0. The van der Waals surface area contributed by atoms with E-state index in [0.29, 0.717) is 6.54 Å². The molecule has 2 heterocycles. The molecule has 5 nitrogen and oxygen atoms in total. The number of carbonyl (C=O) groups is 1. The summed E-state index contributed by atoms with van der Waals surface area (Å²) < 4.78 is 5.38. The summed E-state index contributed by atoms with van der Waals surface area (Å²) in [6.07, 6.45) is 0.675. The van der Waals surface area contributed by atoms with Crippen LogP contribution < -0.4 is 5.32 Å². The molecule has 2 rings (SSSR count). The topological polar surface area (TPSA) is 54.5 Å². The molecular formula is C15H23N3O2. The van der Waals surface area contributed by atoms with E-state index in [2.05, 4.69) is 10.3 Å². The molecule has 0 bridgehead atoms. The quantitative estimate of drug-likeness (QED) is 0.903. The minimum absolute atomic E-state index is 0.233. The van der Waals surface area contributed by atoms with Crippen LogP contribution in [0.1, 0.15) is 32.9 Å². The standard InChI is InChI=1S/C15H23N3O2/c1-11-6-5-7-13(16-11)17-12-8-9-18(10-12)14(19)20-15(2,3)4/h5-7,12H,8-10H2,1-4H3,(H,16,17). The van der Waals surface area contributed by atoms with Gasteiger partial charge in [0.2, 0.25) is 0 Å². The number of aryl methyl sites for hydroxylation is 1. The molecule has 1 atom stereocenters. The molecule has 1 aliphatic rings. The van der Waals surface area contributed by atoms with E-state index in [9.17, 15) is 4.79 Å². The molecule has 1 aromatic heterocycles. The molecule has 1 aliphatic heterocycles. The Morgan fingerprint density at radius 3 is 2.85 bits per heavy atom. The number of nitrogens with one attached hydrogen (secondary N) is 1. The zero-order valence-corrected chi connectivity index (χ0v) is 12.6. The van der Waals surface area contributed by atoms with Gasteiger partial charge in [0, 0.05) is 24.8 Å². The molecule has 0 aliphatic carbocycles. The zero-order chi connectivity index (χ0) is 14.8. The molecule has 0 radical (unpaired) electrons. The fraction of sp³-hybridized carbons (Fsp3) is 0.600. The van der Waals surface area contributed by atoms with Crippen LogP contribution in [0.4, 0.5) is 10.6 Å². The van der Waals surface area contributed by atoms with Gasteiger partial charge in [-0.2, -0.15) is 0 Å². The summed E-state index contributed by atoms with van der Waals surface area (Å²) in [5, 5.41) is 3.37. The van der Waals surface area contributed by atoms with Gasteiger partial charge in [0.15, 0.2) is 0 Å². The third-order valence-corrected chi connectivity index (χ3v) is 3.08. The fourth-order valence-electron chi connectivity index (χ4n) is 2.20. The highest BCUT2D eigenvalue weighted by Crippen LogP contribution is 2.18. The van der Waals surface area contributed by atoms with Gasteiger partial charge in [0.25, 0.3) is 0 Å². The van der Waals surface area contributed by atoms with E-state index in [4.69, 9.17) is 4.74 Å². The molecule has 0 saturated carbocycles. The Morgan fingerprint density at radius 2 is 2.20 bits per heavy atom. The Balaban J connectivity index is 1.88. The third-order valence-electron chi connectivity index (χ3n) is 3.08. The van der Waals surface area contributed by atoms with Gasteiger partial charge in [-0.1, -0.05) is 6.07 Å². The van der Waals surface area contributed by atoms with Gasteiger partial charge < -0.3 is 15.0 Å². The van der Waals surface area contributed by atoms with Crippen molar-refractivity contribution in [2.75, 3.05) is 18.4 Å². The first kappa shape index (κ1) is 14.6. The van der Waals surface area contributed by atoms with Crippen LogP contribution in [0.3, 0.4) is 0 Å². The highest BCUT2D eigenvalue weighted by Gasteiger charge is 2.29. The second-order valence-corrected chi connectivity index (χ2v) is 6.22. The van der Waals surface area contributed by atoms with Crippen LogP contribution in [-0.2, 0) is 4.74 Å². The highest BCUT2D eigenvalue weighted by molar-refractivity contribution is 5.68. The van der Waals surface area contributed by atoms with Crippen molar-refractivity contribution in [2.45, 2.75) is 45.8 Å². The molecule has 20 heavy (non-hydrogen) atoms. The van der Waals surface area contributed by atoms with Gasteiger partial charge in [-0.15, -0.1) is 0 Å². The molecule has 1 fully saturated rings. The molecule has 1 unspecified atom stereocenters. The minimum atomic E-state index is -0.444. The smallest absolute Gasteiger partial charge is 0.410 e. The summed E-state index contributed by atoms with van der Waals surface area (Å²) in [6.45, 7) is 8.99. The molecule has 1 N–H and O–H groups in total. The second-order valence-electron chi connectivity index (χ2n) is 6.22. The summed E-state index contributed by atoms with van der Waals surface area (Å²) in [5.41, 5.74) is 0.540. The van der Waals surface area contributed by atoms with Crippen LogP contribution >= 0.6 is 0 Å². The van der Waals surface area contributed by atoms with Gasteiger partial charge in [-0.3, -0.25) is 0 Å². The number of hydrogen-bond donors (Lipinski definition) is 1. The molecule has 0 spiro atoms. The van der Waals surface area contributed by atoms with E-state index in [1.54, 1.807) is 4.90 Å². The molecule has 1 aromatic rings.